The van der Waals surface area contributed by atoms with Gasteiger partial charge < -0.3 is 9.47 Å². The molecule has 2 aromatic carbocycles. The lowest BCUT2D eigenvalue weighted by Gasteiger charge is -2.23. The van der Waals surface area contributed by atoms with Gasteiger partial charge in [0, 0.05) is 11.1 Å². The molecule has 0 saturated carbocycles. The van der Waals surface area contributed by atoms with Gasteiger partial charge in [0.2, 0.25) is 0 Å². The average molecular weight is 334 g/mol. The fourth-order valence-corrected chi connectivity index (χ4v) is 3.08. The summed E-state index contributed by atoms with van der Waals surface area (Å²) in [7, 11) is 1.50. The predicted molar refractivity (Wildman–Crippen MR) is 95.9 cm³/mol. The molecule has 126 valence electrons. The Morgan fingerprint density at radius 2 is 1.68 bits per heavy atom. The summed E-state index contributed by atoms with van der Waals surface area (Å²) in [5.74, 6) is 0.332. The number of fused-ring (bicyclic) bond motifs is 2. The van der Waals surface area contributed by atoms with Gasteiger partial charge in [-0.3, -0.25) is 9.59 Å². The molecule has 0 unspecified atom stereocenters. The molecule has 2 aromatic rings. The number of hydrogen-bond donors (Lipinski definition) is 0. The first kappa shape index (κ1) is 16.7. The Morgan fingerprint density at radius 3 is 2.36 bits per heavy atom. The monoisotopic (exact) mass is 334 g/mol. The number of hydrogen-bond acceptors (Lipinski definition) is 4. The zero-order valence-corrected chi connectivity index (χ0v) is 14.0. The number of allylic oxidation sites excluding steroid dienone is 1. The van der Waals surface area contributed by atoms with Gasteiger partial charge in [-0.1, -0.05) is 36.9 Å². The zero-order chi connectivity index (χ0) is 18.0. The van der Waals surface area contributed by atoms with E-state index in [1.54, 1.807) is 42.5 Å². The fraction of sp³-hybridized carbons (Fsp3) is 0.143. The average Bonchev–Trinajstić information content (AvgIpc) is 2.63. The van der Waals surface area contributed by atoms with Crippen molar-refractivity contribution >= 4 is 11.6 Å². The highest BCUT2D eigenvalue weighted by atomic mass is 16.5. The van der Waals surface area contributed by atoms with Gasteiger partial charge in [-0.15, -0.1) is 6.58 Å². The van der Waals surface area contributed by atoms with Crippen LogP contribution in [0.15, 0.2) is 55.6 Å². The van der Waals surface area contributed by atoms with E-state index >= 15 is 0 Å². The molecule has 0 amide bonds. The Labute approximate surface area is 146 Å². The van der Waals surface area contributed by atoms with Crippen LogP contribution in [0.1, 0.15) is 37.4 Å². The van der Waals surface area contributed by atoms with Crippen LogP contribution in [-0.2, 0) is 6.42 Å². The summed E-state index contributed by atoms with van der Waals surface area (Å²) in [6, 6.07) is 8.49. The van der Waals surface area contributed by atoms with Crippen LogP contribution in [0.25, 0.3) is 0 Å². The van der Waals surface area contributed by atoms with Crippen molar-refractivity contribution in [3.05, 3.63) is 83.5 Å². The van der Waals surface area contributed by atoms with Gasteiger partial charge in [0.05, 0.1) is 18.2 Å². The minimum absolute atomic E-state index is 0.239. The van der Waals surface area contributed by atoms with Crippen LogP contribution < -0.4 is 9.47 Å². The first-order valence-corrected chi connectivity index (χ1v) is 7.90. The van der Waals surface area contributed by atoms with Gasteiger partial charge >= 0.3 is 0 Å². The molecule has 1 aliphatic rings. The van der Waals surface area contributed by atoms with Gasteiger partial charge in [0.1, 0.15) is 18.1 Å². The molecule has 0 radical (unpaired) electrons. The lowest BCUT2D eigenvalue weighted by molar-refractivity contribution is 0.0973. The number of benzene rings is 2. The minimum Gasteiger partial charge on any atom is -0.496 e. The summed E-state index contributed by atoms with van der Waals surface area (Å²) in [5.41, 5.74) is 2.07. The van der Waals surface area contributed by atoms with E-state index < -0.39 is 0 Å². The Morgan fingerprint density at radius 1 is 0.960 bits per heavy atom. The Hall–Kier alpha value is -3.14. The maximum absolute atomic E-state index is 13.1. The molecular formula is C21H18O4. The van der Waals surface area contributed by atoms with E-state index in [9.17, 15) is 9.59 Å². The third-order valence-corrected chi connectivity index (χ3v) is 4.13. The summed E-state index contributed by atoms with van der Waals surface area (Å²) in [6.45, 7) is 7.58. The highest BCUT2D eigenvalue weighted by Gasteiger charge is 2.35. The summed E-state index contributed by atoms with van der Waals surface area (Å²) in [6.07, 6.45) is 3.87. The normalized spacial score (nSPS) is 12.2. The molecule has 0 bridgehead atoms. The van der Waals surface area contributed by atoms with E-state index in [2.05, 4.69) is 13.2 Å². The molecule has 0 heterocycles. The molecular weight excluding hydrogens is 316 g/mol. The molecule has 0 N–H and O–H groups in total. The minimum atomic E-state index is -0.243. The fourth-order valence-electron chi connectivity index (χ4n) is 3.08. The SMILES string of the molecule is C=CCOc1cccc2c1C(=O)c1ccc(CC=C)c(OC)c1C2=O. The van der Waals surface area contributed by atoms with E-state index in [0.717, 1.165) is 5.56 Å². The number of ketones is 2. The van der Waals surface area contributed by atoms with Crippen LogP contribution in [0.3, 0.4) is 0 Å². The molecule has 0 aromatic heterocycles. The highest BCUT2D eigenvalue weighted by Crippen LogP contribution is 2.38. The topological polar surface area (TPSA) is 52.6 Å². The molecule has 0 spiro atoms. The molecule has 4 heteroatoms. The number of methoxy groups -OCH3 is 1. The first-order chi connectivity index (χ1) is 12.1. The summed E-state index contributed by atoms with van der Waals surface area (Å²) < 4.78 is 11.0. The molecule has 0 saturated heterocycles. The second kappa shape index (κ2) is 6.77. The van der Waals surface area contributed by atoms with Crippen LogP contribution in [0.4, 0.5) is 0 Å². The Kier molecular flexibility index (Phi) is 4.52. The third kappa shape index (κ3) is 2.66. The highest BCUT2D eigenvalue weighted by molar-refractivity contribution is 6.30. The van der Waals surface area contributed by atoms with Crippen LogP contribution in [-0.4, -0.2) is 25.3 Å². The van der Waals surface area contributed by atoms with Crippen molar-refractivity contribution in [3.63, 3.8) is 0 Å². The van der Waals surface area contributed by atoms with E-state index in [0.29, 0.717) is 40.2 Å². The van der Waals surface area contributed by atoms with Crippen LogP contribution in [0.2, 0.25) is 0 Å². The Bertz CT molecular complexity index is 893. The number of ether oxygens (including phenoxy) is 2. The smallest absolute Gasteiger partial charge is 0.198 e. The van der Waals surface area contributed by atoms with Crippen molar-refractivity contribution in [1.29, 1.82) is 0 Å². The van der Waals surface area contributed by atoms with E-state index in [4.69, 9.17) is 9.47 Å². The molecule has 0 fully saturated rings. The predicted octanol–water partition coefficient (Wildman–Crippen LogP) is 3.76. The van der Waals surface area contributed by atoms with Gasteiger partial charge in [0.15, 0.2) is 11.6 Å². The number of rotatable bonds is 6. The maximum atomic E-state index is 13.1. The molecule has 3 rings (SSSR count). The lowest BCUT2D eigenvalue weighted by atomic mass is 9.82. The number of carbonyl (C=O) groups is 2. The zero-order valence-electron chi connectivity index (χ0n) is 14.0. The van der Waals surface area contributed by atoms with Crippen LogP contribution >= 0.6 is 0 Å². The molecule has 4 nitrogen and oxygen atoms in total. The summed E-state index contributed by atoms with van der Waals surface area (Å²) >= 11 is 0. The molecule has 0 atom stereocenters. The maximum Gasteiger partial charge on any atom is 0.198 e. The van der Waals surface area contributed by atoms with Gasteiger partial charge in [-0.05, 0) is 24.1 Å². The van der Waals surface area contributed by atoms with Crippen molar-refractivity contribution in [2.24, 2.45) is 0 Å². The van der Waals surface area contributed by atoms with Crippen LogP contribution in [0, 0.1) is 0 Å². The van der Waals surface area contributed by atoms with Crippen molar-refractivity contribution in [2.75, 3.05) is 13.7 Å². The quantitative estimate of drug-likeness (QED) is 0.644. The largest absolute Gasteiger partial charge is 0.496 e. The third-order valence-electron chi connectivity index (χ3n) is 4.13. The second-order valence-corrected chi connectivity index (χ2v) is 5.61. The van der Waals surface area contributed by atoms with Gasteiger partial charge in [-0.2, -0.15) is 0 Å². The second-order valence-electron chi connectivity index (χ2n) is 5.61. The van der Waals surface area contributed by atoms with E-state index in [1.165, 1.54) is 7.11 Å². The summed E-state index contributed by atoms with van der Waals surface area (Å²) in [4.78, 5) is 26.1. The van der Waals surface area contributed by atoms with Gasteiger partial charge in [0.25, 0.3) is 0 Å². The van der Waals surface area contributed by atoms with Crippen molar-refractivity contribution in [1.82, 2.24) is 0 Å². The molecule has 25 heavy (non-hydrogen) atoms. The molecule has 1 aliphatic carbocycles. The van der Waals surface area contributed by atoms with Crippen molar-refractivity contribution in [3.8, 4) is 11.5 Å². The first-order valence-electron chi connectivity index (χ1n) is 7.90. The Balaban J connectivity index is 2.22. The van der Waals surface area contributed by atoms with Crippen molar-refractivity contribution in [2.45, 2.75) is 6.42 Å². The van der Waals surface area contributed by atoms with Crippen molar-refractivity contribution < 1.29 is 19.1 Å². The number of carbonyl (C=O) groups excluding carboxylic acids is 2. The van der Waals surface area contributed by atoms with E-state index in [1.807, 2.05) is 0 Å². The molecule has 0 aliphatic heterocycles. The van der Waals surface area contributed by atoms with E-state index in [-0.39, 0.29) is 18.2 Å². The lowest BCUT2D eigenvalue weighted by Crippen LogP contribution is -2.23. The van der Waals surface area contributed by atoms with Gasteiger partial charge in [-0.25, -0.2) is 0 Å². The standard InChI is InChI=1S/C21H18O4/c1-4-7-13-10-11-15-18(21(13)24-3)20(23)14-8-6-9-16(25-12-5-2)17(14)19(15)22/h4-6,8-11H,1-2,7,12H2,3H3. The van der Waals surface area contributed by atoms with Crippen LogP contribution in [0.5, 0.6) is 11.5 Å². The summed E-state index contributed by atoms with van der Waals surface area (Å²) in [5, 5.41) is 0.